The number of nitrogens with one attached hydrogen (secondary N) is 1. The Labute approximate surface area is 349 Å². The molecule has 0 aromatic rings. The fraction of sp³-hybridized carbons (Fsp3) is 0.788. The van der Waals surface area contributed by atoms with Crippen LogP contribution in [-0.2, 0) is 4.79 Å². The molecule has 0 aliphatic rings. The SMILES string of the molecule is CC/C=C\C/C=C\C/C=C\C/C=C\CCCCCCCCCCCCCCCCCCCCCCC(=O)NC(CO)C(O)/C=C/CCCCCCCCCCC. The molecule has 0 rings (SSSR count). The number of rotatable bonds is 44. The zero-order chi connectivity index (χ0) is 40.7. The smallest absolute Gasteiger partial charge is 0.220 e. The van der Waals surface area contributed by atoms with Crippen LogP contribution in [0, 0.1) is 0 Å². The minimum Gasteiger partial charge on any atom is -0.394 e. The molecule has 0 heterocycles. The lowest BCUT2D eigenvalue weighted by Gasteiger charge is -2.20. The molecule has 0 aromatic heterocycles. The van der Waals surface area contributed by atoms with Gasteiger partial charge in [0.15, 0.2) is 0 Å². The third kappa shape index (κ3) is 43.2. The second kappa shape index (κ2) is 47.5. The van der Waals surface area contributed by atoms with E-state index in [1.807, 2.05) is 6.08 Å². The van der Waals surface area contributed by atoms with Crippen molar-refractivity contribution >= 4 is 5.91 Å². The van der Waals surface area contributed by atoms with Gasteiger partial charge in [-0.25, -0.2) is 0 Å². The highest BCUT2D eigenvalue weighted by atomic mass is 16.3. The predicted molar refractivity (Wildman–Crippen MR) is 248 cm³/mol. The molecule has 0 saturated heterocycles. The van der Waals surface area contributed by atoms with Crippen LogP contribution in [0.4, 0.5) is 0 Å². The molecule has 0 saturated carbocycles. The van der Waals surface area contributed by atoms with Gasteiger partial charge in [0.05, 0.1) is 18.8 Å². The first-order valence-electron chi connectivity index (χ1n) is 24.5. The number of amides is 1. The van der Waals surface area contributed by atoms with E-state index in [9.17, 15) is 15.0 Å². The third-order valence-electron chi connectivity index (χ3n) is 11.0. The summed E-state index contributed by atoms with van der Waals surface area (Å²) in [5.74, 6) is -0.0641. The topological polar surface area (TPSA) is 69.6 Å². The van der Waals surface area contributed by atoms with Crippen molar-refractivity contribution in [1.29, 1.82) is 0 Å². The fourth-order valence-electron chi connectivity index (χ4n) is 7.29. The van der Waals surface area contributed by atoms with Crippen LogP contribution in [-0.4, -0.2) is 34.9 Å². The van der Waals surface area contributed by atoms with E-state index in [1.165, 1.54) is 173 Å². The van der Waals surface area contributed by atoms with Crippen LogP contribution in [0.3, 0.4) is 0 Å². The average molecular weight is 782 g/mol. The molecular weight excluding hydrogens is 687 g/mol. The van der Waals surface area contributed by atoms with Crippen LogP contribution in [0.15, 0.2) is 60.8 Å². The van der Waals surface area contributed by atoms with Crippen molar-refractivity contribution in [2.45, 2.75) is 257 Å². The van der Waals surface area contributed by atoms with E-state index in [0.29, 0.717) is 6.42 Å². The number of allylic oxidation sites excluding steroid dienone is 9. The number of aliphatic hydroxyl groups excluding tert-OH is 2. The van der Waals surface area contributed by atoms with Gasteiger partial charge in [-0.1, -0.05) is 242 Å². The Morgan fingerprint density at radius 3 is 1.18 bits per heavy atom. The molecule has 4 nitrogen and oxygen atoms in total. The Morgan fingerprint density at radius 1 is 0.446 bits per heavy atom. The molecule has 1 amide bonds. The lowest BCUT2D eigenvalue weighted by atomic mass is 10.0. The minimum absolute atomic E-state index is 0.0641. The van der Waals surface area contributed by atoms with Crippen molar-refractivity contribution in [3.8, 4) is 0 Å². The lowest BCUT2D eigenvalue weighted by molar-refractivity contribution is -0.123. The molecule has 2 unspecified atom stereocenters. The first kappa shape index (κ1) is 54.1. The number of carbonyl (C=O) groups excluding carboxylic acids is 1. The summed E-state index contributed by atoms with van der Waals surface area (Å²) in [4.78, 5) is 12.4. The Hall–Kier alpha value is -1.91. The number of aliphatic hydroxyl groups is 2. The van der Waals surface area contributed by atoms with Gasteiger partial charge in [0.1, 0.15) is 0 Å². The van der Waals surface area contributed by atoms with Crippen molar-refractivity contribution in [1.82, 2.24) is 5.32 Å². The number of hydrogen-bond donors (Lipinski definition) is 3. The quantitative estimate of drug-likeness (QED) is 0.0426. The normalized spacial score (nSPS) is 13.4. The molecule has 4 heteroatoms. The predicted octanol–water partition coefficient (Wildman–Crippen LogP) is 15.7. The van der Waals surface area contributed by atoms with Gasteiger partial charge in [-0.3, -0.25) is 4.79 Å². The molecule has 0 aliphatic carbocycles. The average Bonchev–Trinajstić information content (AvgIpc) is 3.20. The third-order valence-corrected chi connectivity index (χ3v) is 11.0. The van der Waals surface area contributed by atoms with Gasteiger partial charge in [-0.2, -0.15) is 0 Å². The monoisotopic (exact) mass is 782 g/mol. The standard InChI is InChI=1S/C52H95NO3/c1-3-5-7-9-11-13-15-16-17-18-19-20-21-22-23-24-25-26-27-28-29-30-31-32-33-34-35-36-38-40-42-44-46-48-52(56)53-50(49-54)51(55)47-45-43-41-39-37-14-12-10-8-6-4-2/h5,7,11,13,16-17,19-20,45,47,50-51,54-55H,3-4,6,8-10,12,14-15,18,21-44,46,48-49H2,1-2H3,(H,53,56)/b7-5-,13-11-,17-16-,20-19-,47-45+. The molecule has 0 fully saturated rings. The Morgan fingerprint density at radius 2 is 0.786 bits per heavy atom. The summed E-state index contributed by atoms with van der Waals surface area (Å²) in [5.41, 5.74) is 0. The maximum Gasteiger partial charge on any atom is 0.220 e. The van der Waals surface area contributed by atoms with E-state index >= 15 is 0 Å². The van der Waals surface area contributed by atoms with E-state index in [1.54, 1.807) is 6.08 Å². The van der Waals surface area contributed by atoms with Crippen LogP contribution in [0.1, 0.15) is 245 Å². The Bertz CT molecular complexity index is 934. The number of unbranched alkanes of at least 4 members (excludes halogenated alkanes) is 29. The molecule has 3 N–H and O–H groups in total. The van der Waals surface area contributed by atoms with Crippen LogP contribution >= 0.6 is 0 Å². The van der Waals surface area contributed by atoms with Gasteiger partial charge in [-0.15, -0.1) is 0 Å². The van der Waals surface area contributed by atoms with E-state index in [2.05, 4.69) is 67.8 Å². The summed E-state index contributed by atoms with van der Waals surface area (Å²) in [6, 6.07) is -0.620. The maximum atomic E-state index is 12.4. The molecule has 0 radical (unpaired) electrons. The summed E-state index contributed by atoms with van der Waals surface area (Å²) < 4.78 is 0. The molecule has 0 bridgehead atoms. The van der Waals surface area contributed by atoms with Gasteiger partial charge >= 0.3 is 0 Å². The highest BCUT2D eigenvalue weighted by molar-refractivity contribution is 5.76. The van der Waals surface area contributed by atoms with Crippen molar-refractivity contribution in [2.24, 2.45) is 0 Å². The van der Waals surface area contributed by atoms with Crippen LogP contribution in [0.5, 0.6) is 0 Å². The molecule has 2 atom stereocenters. The summed E-state index contributed by atoms with van der Waals surface area (Å²) in [6.07, 6.45) is 66.5. The van der Waals surface area contributed by atoms with Crippen LogP contribution in [0.25, 0.3) is 0 Å². The highest BCUT2D eigenvalue weighted by Crippen LogP contribution is 2.16. The first-order chi connectivity index (χ1) is 27.7. The van der Waals surface area contributed by atoms with E-state index in [0.717, 1.165) is 51.4 Å². The van der Waals surface area contributed by atoms with Crippen molar-refractivity contribution in [3.05, 3.63) is 60.8 Å². The highest BCUT2D eigenvalue weighted by Gasteiger charge is 2.17. The lowest BCUT2D eigenvalue weighted by Crippen LogP contribution is -2.45. The van der Waals surface area contributed by atoms with Gasteiger partial charge in [0.25, 0.3) is 0 Å². The largest absolute Gasteiger partial charge is 0.394 e. The van der Waals surface area contributed by atoms with Gasteiger partial charge in [0.2, 0.25) is 5.91 Å². The van der Waals surface area contributed by atoms with Gasteiger partial charge in [0, 0.05) is 6.42 Å². The minimum atomic E-state index is -0.837. The van der Waals surface area contributed by atoms with E-state index < -0.39 is 12.1 Å². The van der Waals surface area contributed by atoms with E-state index in [4.69, 9.17) is 0 Å². The zero-order valence-corrected chi connectivity index (χ0v) is 37.4. The summed E-state index contributed by atoms with van der Waals surface area (Å²) in [5, 5.41) is 23.0. The molecule has 0 aliphatic heterocycles. The summed E-state index contributed by atoms with van der Waals surface area (Å²) >= 11 is 0. The number of hydrogen-bond acceptors (Lipinski definition) is 3. The molecule has 56 heavy (non-hydrogen) atoms. The second-order valence-corrected chi connectivity index (χ2v) is 16.5. The van der Waals surface area contributed by atoms with Crippen molar-refractivity contribution in [3.63, 3.8) is 0 Å². The van der Waals surface area contributed by atoms with Crippen LogP contribution < -0.4 is 5.32 Å². The summed E-state index contributed by atoms with van der Waals surface area (Å²) in [7, 11) is 0. The molecular formula is C52H95NO3. The van der Waals surface area contributed by atoms with Gasteiger partial charge in [-0.05, 0) is 57.8 Å². The zero-order valence-electron chi connectivity index (χ0n) is 37.4. The summed E-state index contributed by atoms with van der Waals surface area (Å²) in [6.45, 7) is 4.19. The Balaban J connectivity index is 3.44. The molecule has 326 valence electrons. The van der Waals surface area contributed by atoms with Gasteiger partial charge < -0.3 is 15.5 Å². The van der Waals surface area contributed by atoms with Crippen molar-refractivity contribution in [2.75, 3.05) is 6.61 Å². The Kier molecular flexibility index (Phi) is 45.8. The molecule has 0 aromatic carbocycles. The fourth-order valence-corrected chi connectivity index (χ4v) is 7.29. The first-order valence-corrected chi connectivity index (χ1v) is 24.5. The van der Waals surface area contributed by atoms with Crippen molar-refractivity contribution < 1.29 is 15.0 Å². The molecule has 0 spiro atoms. The van der Waals surface area contributed by atoms with Crippen LogP contribution in [0.2, 0.25) is 0 Å². The second-order valence-electron chi connectivity index (χ2n) is 16.5. The number of carbonyl (C=O) groups is 1. The maximum absolute atomic E-state index is 12.4. The van der Waals surface area contributed by atoms with E-state index in [-0.39, 0.29) is 12.5 Å².